The summed E-state index contributed by atoms with van der Waals surface area (Å²) < 4.78 is 5.09. The first-order chi connectivity index (χ1) is 11.5. The van der Waals surface area contributed by atoms with E-state index < -0.39 is 18.4 Å². The van der Waals surface area contributed by atoms with Crippen LogP contribution in [0.3, 0.4) is 0 Å². The minimum absolute atomic E-state index is 0.103. The first-order valence-corrected chi connectivity index (χ1v) is 8.64. The summed E-state index contributed by atoms with van der Waals surface area (Å²) in [5.41, 5.74) is 5.75. The molecule has 2 heterocycles. The molecule has 0 aromatic carbocycles. The highest BCUT2D eigenvalue weighted by atomic mass is 32.1. The number of nitriles is 1. The Hall–Kier alpha value is -2.69. The van der Waals surface area contributed by atoms with Gasteiger partial charge in [-0.15, -0.1) is 22.7 Å². The topological polar surface area (TPSA) is 93.2 Å². The minimum atomic E-state index is -0.619. The van der Waals surface area contributed by atoms with Crippen molar-refractivity contribution >= 4 is 46.1 Å². The number of esters is 1. The molecule has 0 radical (unpaired) electrons. The fraction of sp³-hybridized carbons (Fsp3) is 0.118. The Morgan fingerprint density at radius 2 is 2.00 bits per heavy atom. The zero-order valence-electron chi connectivity index (χ0n) is 12.8. The van der Waals surface area contributed by atoms with E-state index in [-0.39, 0.29) is 11.3 Å². The Bertz CT molecular complexity index is 822. The predicted octanol–water partition coefficient (Wildman–Crippen LogP) is 3.22. The van der Waals surface area contributed by atoms with E-state index in [0.29, 0.717) is 5.57 Å². The number of ketones is 1. The highest BCUT2D eigenvalue weighted by Crippen LogP contribution is 2.25. The van der Waals surface area contributed by atoms with Gasteiger partial charge < -0.3 is 10.5 Å². The summed E-state index contributed by atoms with van der Waals surface area (Å²) in [6.07, 6.45) is 1.72. The molecule has 2 aromatic rings. The third-order valence-electron chi connectivity index (χ3n) is 2.96. The van der Waals surface area contributed by atoms with Gasteiger partial charge in [-0.05, 0) is 35.9 Å². The number of nitrogens with two attached hydrogens (primary N) is 1. The lowest BCUT2D eigenvalue weighted by atomic mass is 10.1. The lowest BCUT2D eigenvalue weighted by Gasteiger charge is -2.07. The molecule has 0 aliphatic carbocycles. The van der Waals surface area contributed by atoms with E-state index in [1.165, 1.54) is 29.6 Å². The normalized spacial score (nSPS) is 12.2. The second-order valence-corrected chi connectivity index (χ2v) is 6.65. The molecule has 0 amide bonds. The standard InChI is InChI=1S/C17H14N2O3S2/c1-11(19)14(9-18)15(20)10-22-17(21)13(16-5-3-7-24-16)8-12-4-2-6-23-12/h2-8H,10,19H2,1H3/b13-8+,14-11+. The number of carbonyl (C=O) groups excluding carboxylic acids is 2. The van der Waals surface area contributed by atoms with E-state index in [0.717, 1.165) is 9.75 Å². The summed E-state index contributed by atoms with van der Waals surface area (Å²) in [5, 5.41) is 12.7. The molecule has 0 fully saturated rings. The molecule has 2 aromatic heterocycles. The first kappa shape index (κ1) is 17.7. The fourth-order valence-corrected chi connectivity index (χ4v) is 3.22. The van der Waals surface area contributed by atoms with Gasteiger partial charge in [0.1, 0.15) is 11.6 Å². The van der Waals surface area contributed by atoms with Crippen molar-refractivity contribution in [1.29, 1.82) is 5.26 Å². The van der Waals surface area contributed by atoms with Crippen molar-refractivity contribution in [3.8, 4) is 6.07 Å². The van der Waals surface area contributed by atoms with Crippen LogP contribution in [0.15, 0.2) is 46.3 Å². The van der Waals surface area contributed by atoms with E-state index in [1.54, 1.807) is 18.2 Å². The lowest BCUT2D eigenvalue weighted by Crippen LogP contribution is -2.18. The van der Waals surface area contributed by atoms with Crippen LogP contribution in [-0.4, -0.2) is 18.4 Å². The number of carbonyl (C=O) groups is 2. The van der Waals surface area contributed by atoms with Gasteiger partial charge in [0.2, 0.25) is 5.78 Å². The van der Waals surface area contributed by atoms with Gasteiger partial charge in [-0.2, -0.15) is 5.26 Å². The summed E-state index contributed by atoms with van der Waals surface area (Å²) in [4.78, 5) is 25.9. The molecule has 0 aliphatic heterocycles. The molecule has 2 rings (SSSR count). The van der Waals surface area contributed by atoms with Crippen LogP contribution in [0.2, 0.25) is 0 Å². The number of thiophene rings is 2. The van der Waals surface area contributed by atoms with Gasteiger partial charge >= 0.3 is 5.97 Å². The van der Waals surface area contributed by atoms with Crippen molar-refractivity contribution < 1.29 is 14.3 Å². The highest BCUT2D eigenvalue weighted by Gasteiger charge is 2.19. The van der Waals surface area contributed by atoms with Crippen molar-refractivity contribution in [3.05, 3.63) is 56.1 Å². The SMILES string of the molecule is C/C(N)=C(/C#N)C(=O)COC(=O)/C(=C/c1cccs1)c1cccs1. The summed E-state index contributed by atoms with van der Waals surface area (Å²) >= 11 is 2.89. The molecule has 0 atom stereocenters. The molecular weight excluding hydrogens is 344 g/mol. The average Bonchev–Trinajstić information content (AvgIpc) is 3.23. The Balaban J connectivity index is 2.17. The zero-order chi connectivity index (χ0) is 17.5. The number of hydrogen-bond donors (Lipinski definition) is 1. The molecule has 0 aliphatic rings. The number of rotatable bonds is 6. The van der Waals surface area contributed by atoms with Crippen LogP contribution >= 0.6 is 22.7 Å². The molecule has 0 unspecified atom stereocenters. The largest absolute Gasteiger partial charge is 0.454 e. The molecule has 24 heavy (non-hydrogen) atoms. The lowest BCUT2D eigenvalue weighted by molar-refractivity contribution is -0.140. The quantitative estimate of drug-likeness (QED) is 0.486. The Kier molecular flexibility index (Phi) is 6.07. The summed E-state index contributed by atoms with van der Waals surface area (Å²) in [6.45, 7) is 0.926. The molecule has 2 N–H and O–H groups in total. The molecule has 0 bridgehead atoms. The van der Waals surface area contributed by atoms with Crippen LogP contribution in [0, 0.1) is 11.3 Å². The summed E-state index contributed by atoms with van der Waals surface area (Å²) in [5.74, 6) is -1.24. The smallest absolute Gasteiger partial charge is 0.340 e. The van der Waals surface area contributed by atoms with Crippen LogP contribution in [0.1, 0.15) is 16.7 Å². The van der Waals surface area contributed by atoms with Gasteiger partial charge in [0, 0.05) is 15.5 Å². The van der Waals surface area contributed by atoms with Gasteiger partial charge in [0.05, 0.1) is 5.57 Å². The van der Waals surface area contributed by atoms with Crippen molar-refractivity contribution in [3.63, 3.8) is 0 Å². The Morgan fingerprint density at radius 1 is 1.29 bits per heavy atom. The number of nitrogens with zero attached hydrogens (tertiary/aromatic N) is 1. The monoisotopic (exact) mass is 358 g/mol. The van der Waals surface area contributed by atoms with Gasteiger partial charge in [0.15, 0.2) is 6.61 Å². The maximum atomic E-state index is 12.4. The predicted molar refractivity (Wildman–Crippen MR) is 95.0 cm³/mol. The summed E-state index contributed by atoms with van der Waals surface area (Å²) in [7, 11) is 0. The molecule has 0 spiro atoms. The van der Waals surface area contributed by atoms with E-state index in [9.17, 15) is 9.59 Å². The van der Waals surface area contributed by atoms with Crippen LogP contribution in [0.5, 0.6) is 0 Å². The van der Waals surface area contributed by atoms with Gasteiger partial charge in [0.25, 0.3) is 0 Å². The molecule has 0 saturated heterocycles. The van der Waals surface area contributed by atoms with Crippen molar-refractivity contribution in [2.24, 2.45) is 5.73 Å². The highest BCUT2D eigenvalue weighted by molar-refractivity contribution is 7.12. The van der Waals surface area contributed by atoms with E-state index >= 15 is 0 Å². The van der Waals surface area contributed by atoms with Gasteiger partial charge in [-0.3, -0.25) is 4.79 Å². The van der Waals surface area contributed by atoms with Crippen LogP contribution in [0.4, 0.5) is 0 Å². The van der Waals surface area contributed by atoms with Crippen LogP contribution < -0.4 is 5.73 Å². The Labute approximate surface area is 147 Å². The second-order valence-electron chi connectivity index (χ2n) is 4.72. The summed E-state index contributed by atoms with van der Waals surface area (Å²) in [6, 6.07) is 9.11. The number of hydrogen-bond acceptors (Lipinski definition) is 7. The maximum Gasteiger partial charge on any atom is 0.340 e. The Morgan fingerprint density at radius 3 is 2.54 bits per heavy atom. The third-order valence-corrected chi connectivity index (χ3v) is 4.68. The van der Waals surface area contributed by atoms with Crippen LogP contribution in [-0.2, 0) is 14.3 Å². The van der Waals surface area contributed by atoms with E-state index in [1.807, 2.05) is 29.0 Å². The average molecular weight is 358 g/mol. The van der Waals surface area contributed by atoms with Crippen molar-refractivity contribution in [2.75, 3.05) is 6.61 Å². The van der Waals surface area contributed by atoms with Gasteiger partial charge in [-0.1, -0.05) is 12.1 Å². The molecule has 0 saturated carbocycles. The van der Waals surface area contributed by atoms with Gasteiger partial charge in [-0.25, -0.2) is 4.79 Å². The maximum absolute atomic E-state index is 12.4. The molecule has 7 heteroatoms. The number of Topliss-reactive ketones (excluding diaryl/α,β-unsaturated/α-hetero) is 1. The molecule has 5 nitrogen and oxygen atoms in total. The number of ether oxygens (including phenoxy) is 1. The molecular formula is C17H14N2O3S2. The van der Waals surface area contributed by atoms with E-state index in [2.05, 4.69) is 0 Å². The number of allylic oxidation sites excluding steroid dienone is 1. The fourth-order valence-electron chi connectivity index (χ4n) is 1.83. The van der Waals surface area contributed by atoms with Crippen LogP contribution in [0.25, 0.3) is 11.6 Å². The molecule has 122 valence electrons. The third kappa shape index (κ3) is 4.41. The van der Waals surface area contributed by atoms with E-state index in [4.69, 9.17) is 15.7 Å². The van der Waals surface area contributed by atoms with Crippen molar-refractivity contribution in [2.45, 2.75) is 6.92 Å². The first-order valence-electron chi connectivity index (χ1n) is 6.88. The minimum Gasteiger partial charge on any atom is -0.454 e. The second kappa shape index (κ2) is 8.24. The zero-order valence-corrected chi connectivity index (χ0v) is 14.4. The van der Waals surface area contributed by atoms with Crippen molar-refractivity contribution in [1.82, 2.24) is 0 Å².